The number of hydrogen-bond donors (Lipinski definition) is 2. The van der Waals surface area contributed by atoms with Crippen molar-refractivity contribution in [1.82, 2.24) is 10.3 Å². The molecule has 0 fully saturated rings. The molecule has 1 aliphatic heterocycles. The molecule has 1 aromatic heterocycles. The van der Waals surface area contributed by atoms with Gasteiger partial charge in [-0.1, -0.05) is 36.4 Å². The first-order chi connectivity index (χ1) is 14.4. The van der Waals surface area contributed by atoms with Gasteiger partial charge in [0.1, 0.15) is 23.9 Å². The van der Waals surface area contributed by atoms with Crippen molar-refractivity contribution in [2.45, 2.75) is 12.4 Å². The zero-order valence-electron chi connectivity index (χ0n) is 15.5. The van der Waals surface area contributed by atoms with Crippen LogP contribution in [0, 0.1) is 0 Å². The minimum absolute atomic E-state index is 0.343. The van der Waals surface area contributed by atoms with Crippen LogP contribution in [-0.4, -0.2) is 17.6 Å². The van der Waals surface area contributed by atoms with Crippen LogP contribution >= 0.6 is 0 Å². The van der Waals surface area contributed by atoms with Crippen LogP contribution in [0.3, 0.4) is 0 Å². The second kappa shape index (κ2) is 7.90. The highest BCUT2D eigenvalue weighted by molar-refractivity contribution is 5.80. The van der Waals surface area contributed by atoms with Gasteiger partial charge >= 0.3 is 6.36 Å². The minimum atomic E-state index is -4.79. The molecule has 0 spiro atoms. The summed E-state index contributed by atoms with van der Waals surface area (Å²) in [4.78, 5) is 16.2. The van der Waals surface area contributed by atoms with Crippen molar-refractivity contribution in [1.29, 1.82) is 0 Å². The quantitative estimate of drug-likeness (QED) is 0.565. The number of carbonyl (C=O) groups excluding carboxylic acids is 1. The Morgan fingerprint density at radius 3 is 2.60 bits per heavy atom. The molecule has 30 heavy (non-hydrogen) atoms. The molecule has 152 valence electrons. The van der Waals surface area contributed by atoms with Crippen molar-refractivity contribution in [3.05, 3.63) is 78.0 Å². The van der Waals surface area contributed by atoms with Gasteiger partial charge in [0.15, 0.2) is 0 Å². The lowest BCUT2D eigenvalue weighted by Crippen LogP contribution is -2.22. The molecule has 1 unspecified atom stereocenters. The summed E-state index contributed by atoms with van der Waals surface area (Å²) >= 11 is 0. The SMILES string of the molecule is O=CC1NC=Cc2cc(-c3ccccc3)nc(Nc3cccc(OC(F)(F)F)c3)c21. The van der Waals surface area contributed by atoms with Gasteiger partial charge in [-0.25, -0.2) is 4.98 Å². The third-order valence-corrected chi connectivity index (χ3v) is 4.48. The first kappa shape index (κ1) is 19.5. The van der Waals surface area contributed by atoms with Crippen LogP contribution in [0.5, 0.6) is 5.75 Å². The molecule has 2 aromatic carbocycles. The number of fused-ring (bicyclic) bond motifs is 1. The number of hydrogen-bond acceptors (Lipinski definition) is 5. The molecule has 0 radical (unpaired) electrons. The number of alkyl halides is 3. The van der Waals surface area contributed by atoms with Gasteiger partial charge in [-0.3, -0.25) is 0 Å². The van der Waals surface area contributed by atoms with E-state index in [0.717, 1.165) is 17.4 Å². The molecule has 1 aliphatic rings. The maximum atomic E-state index is 12.6. The van der Waals surface area contributed by atoms with Crippen molar-refractivity contribution in [3.8, 4) is 17.0 Å². The van der Waals surface area contributed by atoms with Crippen molar-refractivity contribution < 1.29 is 22.7 Å². The highest BCUT2D eigenvalue weighted by Gasteiger charge is 2.31. The number of benzene rings is 2. The Bertz CT molecular complexity index is 1100. The normalized spacial score (nSPS) is 15.1. The van der Waals surface area contributed by atoms with Crippen LogP contribution < -0.4 is 15.4 Å². The van der Waals surface area contributed by atoms with E-state index in [2.05, 4.69) is 20.4 Å². The second-order valence-corrected chi connectivity index (χ2v) is 6.54. The molecule has 4 rings (SSSR count). The molecule has 0 saturated heterocycles. The standard InChI is InChI=1S/C22H16F3N3O2/c23-22(24,25)30-17-8-4-7-16(12-17)27-21-20-15(9-10-26-19(20)13-29)11-18(28-21)14-5-2-1-3-6-14/h1-13,19,26H,(H,27,28). The lowest BCUT2D eigenvalue weighted by Gasteiger charge is -2.23. The van der Waals surface area contributed by atoms with Crippen molar-refractivity contribution in [3.63, 3.8) is 0 Å². The monoisotopic (exact) mass is 411 g/mol. The van der Waals surface area contributed by atoms with E-state index < -0.39 is 12.4 Å². The Morgan fingerprint density at radius 2 is 1.87 bits per heavy atom. The van der Waals surface area contributed by atoms with Crippen LogP contribution in [0.15, 0.2) is 66.9 Å². The van der Waals surface area contributed by atoms with Gasteiger partial charge in [-0.05, 0) is 36.0 Å². The fourth-order valence-electron chi connectivity index (χ4n) is 3.23. The molecule has 0 saturated carbocycles. The van der Waals surface area contributed by atoms with Crippen LogP contribution in [0.2, 0.25) is 0 Å². The topological polar surface area (TPSA) is 63.2 Å². The first-order valence-corrected chi connectivity index (χ1v) is 9.04. The van der Waals surface area contributed by atoms with Crippen LogP contribution in [0.1, 0.15) is 17.2 Å². The number of rotatable bonds is 5. The Morgan fingerprint density at radius 1 is 1.07 bits per heavy atom. The molecule has 8 heteroatoms. The third-order valence-electron chi connectivity index (χ3n) is 4.48. The Hall–Kier alpha value is -3.81. The van der Waals surface area contributed by atoms with E-state index >= 15 is 0 Å². The van der Waals surface area contributed by atoms with Crippen molar-refractivity contribution >= 4 is 23.9 Å². The van der Waals surface area contributed by atoms with E-state index in [1.165, 1.54) is 18.2 Å². The summed E-state index contributed by atoms with van der Waals surface area (Å²) in [5, 5.41) is 5.99. The number of pyridine rings is 1. The Kier molecular flexibility index (Phi) is 5.14. The average molecular weight is 411 g/mol. The fraction of sp³-hybridized carbons (Fsp3) is 0.0909. The summed E-state index contributed by atoms with van der Waals surface area (Å²) in [6.45, 7) is 0. The van der Waals surface area contributed by atoms with Gasteiger partial charge in [-0.2, -0.15) is 0 Å². The molecule has 2 heterocycles. The summed E-state index contributed by atoms with van der Waals surface area (Å²) in [7, 11) is 0. The maximum Gasteiger partial charge on any atom is 0.573 e. The summed E-state index contributed by atoms with van der Waals surface area (Å²) in [5.41, 5.74) is 3.26. The van der Waals surface area contributed by atoms with E-state index in [1.54, 1.807) is 12.3 Å². The molecule has 0 aliphatic carbocycles. The lowest BCUT2D eigenvalue weighted by molar-refractivity contribution is -0.274. The maximum absolute atomic E-state index is 12.6. The van der Waals surface area contributed by atoms with E-state index in [4.69, 9.17) is 0 Å². The number of carbonyl (C=O) groups is 1. The molecule has 1 atom stereocenters. The summed E-state index contributed by atoms with van der Waals surface area (Å²) in [5.74, 6) is 0.00926. The number of aldehydes is 1. The van der Waals surface area contributed by atoms with E-state index in [9.17, 15) is 18.0 Å². The van der Waals surface area contributed by atoms with Crippen LogP contribution in [0.25, 0.3) is 17.3 Å². The summed E-state index contributed by atoms with van der Waals surface area (Å²) in [6, 6.07) is 16.1. The smallest absolute Gasteiger partial charge is 0.406 e. The van der Waals surface area contributed by atoms with E-state index in [0.29, 0.717) is 22.8 Å². The zero-order chi connectivity index (χ0) is 21.1. The highest BCUT2D eigenvalue weighted by atomic mass is 19.4. The number of nitrogens with one attached hydrogen (secondary N) is 2. The number of nitrogens with zero attached hydrogens (tertiary/aromatic N) is 1. The molecule has 0 bridgehead atoms. The predicted octanol–water partition coefficient (Wildman–Crippen LogP) is 5.20. The van der Waals surface area contributed by atoms with E-state index in [1.807, 2.05) is 42.5 Å². The molecular weight excluding hydrogens is 395 g/mol. The first-order valence-electron chi connectivity index (χ1n) is 9.04. The highest BCUT2D eigenvalue weighted by Crippen LogP contribution is 2.35. The number of aromatic nitrogens is 1. The molecule has 5 nitrogen and oxygen atoms in total. The lowest BCUT2D eigenvalue weighted by atomic mass is 9.97. The van der Waals surface area contributed by atoms with Gasteiger partial charge in [0.05, 0.1) is 5.69 Å². The summed E-state index contributed by atoms with van der Waals surface area (Å²) in [6.07, 6.45) is -0.545. The number of ether oxygens (including phenoxy) is 1. The van der Waals surface area contributed by atoms with E-state index in [-0.39, 0.29) is 5.75 Å². The largest absolute Gasteiger partial charge is 0.573 e. The van der Waals surface area contributed by atoms with Gasteiger partial charge in [0.25, 0.3) is 0 Å². The molecule has 3 aromatic rings. The predicted molar refractivity (Wildman–Crippen MR) is 107 cm³/mol. The van der Waals surface area contributed by atoms with Gasteiger partial charge < -0.3 is 20.2 Å². The number of anilines is 2. The minimum Gasteiger partial charge on any atom is -0.406 e. The Balaban J connectivity index is 1.78. The zero-order valence-corrected chi connectivity index (χ0v) is 15.5. The number of halogens is 3. The molecular formula is C22H16F3N3O2. The molecule has 0 amide bonds. The van der Waals surface area contributed by atoms with Gasteiger partial charge in [-0.15, -0.1) is 13.2 Å². The van der Waals surface area contributed by atoms with Crippen LogP contribution in [0.4, 0.5) is 24.7 Å². The van der Waals surface area contributed by atoms with Gasteiger partial charge in [0.2, 0.25) is 0 Å². The molecule has 2 N–H and O–H groups in total. The third kappa shape index (κ3) is 4.27. The Labute approximate surface area is 170 Å². The van der Waals surface area contributed by atoms with Crippen LogP contribution in [-0.2, 0) is 4.79 Å². The average Bonchev–Trinajstić information content (AvgIpc) is 2.72. The fourth-order valence-corrected chi connectivity index (χ4v) is 3.23. The van der Waals surface area contributed by atoms with Crippen molar-refractivity contribution in [2.75, 3.05) is 5.32 Å². The van der Waals surface area contributed by atoms with Gasteiger partial charge in [0, 0.05) is 22.9 Å². The van der Waals surface area contributed by atoms with Crippen molar-refractivity contribution in [2.24, 2.45) is 0 Å². The second-order valence-electron chi connectivity index (χ2n) is 6.54. The summed E-state index contributed by atoms with van der Waals surface area (Å²) < 4.78 is 41.6.